The van der Waals surface area contributed by atoms with E-state index in [1.807, 2.05) is 47.4 Å². The summed E-state index contributed by atoms with van der Waals surface area (Å²) in [6.07, 6.45) is 0.705. The summed E-state index contributed by atoms with van der Waals surface area (Å²) in [4.78, 5) is 29.0. The number of hydrazine groups is 1. The minimum Gasteiger partial charge on any atom is -0.378 e. The van der Waals surface area contributed by atoms with Gasteiger partial charge in [0, 0.05) is 30.9 Å². The van der Waals surface area contributed by atoms with E-state index in [-0.39, 0.29) is 18.0 Å². The van der Waals surface area contributed by atoms with E-state index >= 15 is 0 Å². The molecule has 0 aliphatic carbocycles. The molecule has 2 aromatic carbocycles. The van der Waals surface area contributed by atoms with Crippen LogP contribution in [0.2, 0.25) is 0 Å². The van der Waals surface area contributed by atoms with Crippen LogP contribution in [0.4, 0.5) is 10.5 Å². The molecule has 0 spiro atoms. The summed E-state index contributed by atoms with van der Waals surface area (Å²) in [6, 6.07) is 17.2. The smallest absolute Gasteiger partial charge is 0.322 e. The number of amides is 3. The molecule has 2 fully saturated rings. The van der Waals surface area contributed by atoms with Crippen LogP contribution in [-0.4, -0.2) is 66.7 Å². The molecule has 8 nitrogen and oxygen atoms in total. The number of anilines is 1. The average molecular weight is 409 g/mol. The number of carbonyl (C=O) groups excluding carboxylic acids is 2. The highest BCUT2D eigenvalue weighted by molar-refractivity contribution is 5.93. The van der Waals surface area contributed by atoms with Gasteiger partial charge in [0.1, 0.15) is 0 Å². The zero-order valence-corrected chi connectivity index (χ0v) is 16.8. The third-order valence-electron chi connectivity index (χ3n) is 5.76. The second-order valence-corrected chi connectivity index (χ2v) is 7.70. The molecule has 0 saturated carbocycles. The fourth-order valence-corrected chi connectivity index (χ4v) is 3.95. The molecule has 4 rings (SSSR count). The number of nitrogens with two attached hydrogens (primary N) is 1. The molecule has 1 atom stereocenters. The van der Waals surface area contributed by atoms with Crippen molar-refractivity contribution in [2.75, 3.05) is 38.2 Å². The number of urea groups is 1. The molecule has 30 heavy (non-hydrogen) atoms. The molecule has 2 aliphatic rings. The largest absolute Gasteiger partial charge is 0.378 e. The number of piperazine rings is 1. The van der Waals surface area contributed by atoms with Gasteiger partial charge in [-0.15, -0.1) is 0 Å². The quantitative estimate of drug-likeness (QED) is 0.394. The second-order valence-electron chi connectivity index (χ2n) is 7.70. The van der Waals surface area contributed by atoms with Crippen LogP contribution in [0.5, 0.6) is 0 Å². The summed E-state index contributed by atoms with van der Waals surface area (Å²) >= 11 is 0. The lowest BCUT2D eigenvalue weighted by Gasteiger charge is -2.46. The fourth-order valence-electron chi connectivity index (χ4n) is 3.95. The average Bonchev–Trinajstić information content (AvgIpc) is 2.73. The van der Waals surface area contributed by atoms with Gasteiger partial charge in [0.2, 0.25) is 0 Å². The maximum atomic E-state index is 13.0. The Morgan fingerprint density at radius 2 is 1.77 bits per heavy atom. The number of rotatable bonds is 5. The van der Waals surface area contributed by atoms with Crippen LogP contribution in [0.25, 0.3) is 0 Å². The predicted molar refractivity (Wildman–Crippen MR) is 114 cm³/mol. The standard InChI is InChI=1S/C22H27N5O3/c23-25-21(28)17-8-6-16(7-9-17)12-19-13-26(20-14-30-15-20)10-11-27(19)22(29)24-18-4-2-1-3-5-18/h1-9,19-20H,10-15,23H2,(H,24,29)(H,25,28). The number of hydrogen-bond donors (Lipinski definition) is 3. The second kappa shape index (κ2) is 9.25. The van der Waals surface area contributed by atoms with Crippen molar-refractivity contribution in [2.45, 2.75) is 18.5 Å². The number of carbonyl (C=O) groups is 2. The number of benzene rings is 2. The number of nitrogens with zero attached hydrogens (tertiary/aromatic N) is 2. The van der Waals surface area contributed by atoms with Gasteiger partial charge in [0.15, 0.2) is 0 Å². The molecular weight excluding hydrogens is 382 g/mol. The molecule has 0 aromatic heterocycles. The molecule has 0 bridgehead atoms. The first-order chi connectivity index (χ1) is 14.6. The Bertz CT molecular complexity index is 870. The Hall–Kier alpha value is -2.94. The van der Waals surface area contributed by atoms with Crippen LogP contribution in [0.1, 0.15) is 15.9 Å². The predicted octanol–water partition coefficient (Wildman–Crippen LogP) is 1.45. The van der Waals surface area contributed by atoms with Crippen molar-refractivity contribution in [3.8, 4) is 0 Å². The van der Waals surface area contributed by atoms with Crippen LogP contribution < -0.4 is 16.6 Å². The molecule has 158 valence electrons. The van der Waals surface area contributed by atoms with Gasteiger partial charge >= 0.3 is 6.03 Å². The number of nitrogens with one attached hydrogen (secondary N) is 2. The van der Waals surface area contributed by atoms with Gasteiger partial charge in [0.25, 0.3) is 5.91 Å². The summed E-state index contributed by atoms with van der Waals surface area (Å²) in [5.41, 5.74) is 4.50. The van der Waals surface area contributed by atoms with Crippen molar-refractivity contribution in [3.05, 3.63) is 65.7 Å². The monoisotopic (exact) mass is 409 g/mol. The number of para-hydroxylation sites is 1. The summed E-state index contributed by atoms with van der Waals surface area (Å²) in [7, 11) is 0. The van der Waals surface area contributed by atoms with E-state index in [9.17, 15) is 9.59 Å². The molecule has 4 N–H and O–H groups in total. The van der Waals surface area contributed by atoms with E-state index in [2.05, 4.69) is 15.6 Å². The molecule has 2 aromatic rings. The number of nitrogen functional groups attached to an aromatic ring is 1. The van der Waals surface area contributed by atoms with Gasteiger partial charge in [-0.25, -0.2) is 10.6 Å². The Morgan fingerprint density at radius 3 is 2.40 bits per heavy atom. The lowest BCUT2D eigenvalue weighted by atomic mass is 9.99. The first-order valence-electron chi connectivity index (χ1n) is 10.2. The first-order valence-corrected chi connectivity index (χ1v) is 10.2. The highest BCUT2D eigenvalue weighted by atomic mass is 16.5. The topological polar surface area (TPSA) is 99.9 Å². The van der Waals surface area contributed by atoms with Crippen molar-refractivity contribution < 1.29 is 14.3 Å². The third kappa shape index (κ3) is 4.62. The van der Waals surface area contributed by atoms with Gasteiger partial charge in [-0.05, 0) is 36.2 Å². The minimum absolute atomic E-state index is 0.0252. The van der Waals surface area contributed by atoms with E-state index in [1.165, 1.54) is 0 Å². The maximum Gasteiger partial charge on any atom is 0.322 e. The lowest BCUT2D eigenvalue weighted by Crippen LogP contribution is -2.62. The summed E-state index contributed by atoms with van der Waals surface area (Å²) in [5.74, 6) is 4.88. The van der Waals surface area contributed by atoms with Gasteiger partial charge in [-0.1, -0.05) is 30.3 Å². The lowest BCUT2D eigenvalue weighted by molar-refractivity contribution is -0.0811. The van der Waals surface area contributed by atoms with Crippen LogP contribution in [0.3, 0.4) is 0 Å². The van der Waals surface area contributed by atoms with Crippen LogP contribution in [-0.2, 0) is 11.2 Å². The molecule has 2 heterocycles. The van der Waals surface area contributed by atoms with E-state index in [0.29, 0.717) is 24.6 Å². The number of ether oxygens (including phenoxy) is 1. The van der Waals surface area contributed by atoms with Crippen molar-refractivity contribution >= 4 is 17.6 Å². The molecule has 0 radical (unpaired) electrons. The fraction of sp³-hybridized carbons (Fsp3) is 0.364. The van der Waals surface area contributed by atoms with E-state index in [4.69, 9.17) is 10.6 Å². The highest BCUT2D eigenvalue weighted by Crippen LogP contribution is 2.21. The van der Waals surface area contributed by atoms with Crippen molar-refractivity contribution in [3.63, 3.8) is 0 Å². The van der Waals surface area contributed by atoms with Crippen molar-refractivity contribution in [1.82, 2.24) is 15.2 Å². The zero-order chi connectivity index (χ0) is 20.9. The van der Waals surface area contributed by atoms with Crippen LogP contribution >= 0.6 is 0 Å². The maximum absolute atomic E-state index is 13.0. The van der Waals surface area contributed by atoms with E-state index in [1.54, 1.807) is 12.1 Å². The molecule has 1 unspecified atom stereocenters. The van der Waals surface area contributed by atoms with Gasteiger partial charge in [-0.2, -0.15) is 0 Å². The molecular formula is C22H27N5O3. The Kier molecular flexibility index (Phi) is 6.27. The molecule has 3 amide bonds. The number of hydrogen-bond acceptors (Lipinski definition) is 5. The summed E-state index contributed by atoms with van der Waals surface area (Å²) < 4.78 is 5.36. The van der Waals surface area contributed by atoms with Crippen molar-refractivity contribution in [1.29, 1.82) is 0 Å². The highest BCUT2D eigenvalue weighted by Gasteiger charge is 2.35. The SMILES string of the molecule is NNC(=O)c1ccc(CC2CN(C3COC3)CCN2C(=O)Nc2ccccc2)cc1. The summed E-state index contributed by atoms with van der Waals surface area (Å²) in [6.45, 7) is 3.80. The van der Waals surface area contributed by atoms with E-state index < -0.39 is 0 Å². The van der Waals surface area contributed by atoms with Crippen molar-refractivity contribution in [2.24, 2.45) is 5.84 Å². The van der Waals surface area contributed by atoms with Crippen LogP contribution in [0, 0.1) is 0 Å². The molecule has 8 heteroatoms. The minimum atomic E-state index is -0.320. The Balaban J connectivity index is 1.48. The molecule has 2 aliphatic heterocycles. The van der Waals surface area contributed by atoms with E-state index in [0.717, 1.165) is 37.6 Å². The Morgan fingerprint density at radius 1 is 1.03 bits per heavy atom. The Labute approximate surface area is 175 Å². The zero-order valence-electron chi connectivity index (χ0n) is 16.8. The van der Waals surface area contributed by atoms with Gasteiger partial charge in [0.05, 0.1) is 25.3 Å². The molecule has 2 saturated heterocycles. The summed E-state index contributed by atoms with van der Waals surface area (Å²) in [5, 5.41) is 3.01. The normalized spacial score (nSPS) is 19.8. The van der Waals surface area contributed by atoms with Gasteiger partial charge < -0.3 is 15.0 Å². The van der Waals surface area contributed by atoms with Crippen LogP contribution in [0.15, 0.2) is 54.6 Å². The third-order valence-corrected chi connectivity index (χ3v) is 5.76. The van der Waals surface area contributed by atoms with Gasteiger partial charge in [-0.3, -0.25) is 15.1 Å². The first kappa shape index (κ1) is 20.3.